The molecule has 1 heterocycles. The fourth-order valence-electron chi connectivity index (χ4n) is 2.10. The Labute approximate surface area is 149 Å². The zero-order chi connectivity index (χ0) is 16.9. The molecule has 124 valence electrons. The Morgan fingerprint density at radius 2 is 1.79 bits per heavy atom. The number of hydrogen-bond acceptors (Lipinski definition) is 5. The third-order valence-corrected chi connectivity index (χ3v) is 4.53. The van der Waals surface area contributed by atoms with E-state index in [-0.39, 0.29) is 0 Å². The minimum Gasteiger partial charge on any atom is -0.493 e. The fraction of sp³-hybridized carbons (Fsp3) is 0.176. The quantitative estimate of drug-likeness (QED) is 0.411. The highest BCUT2D eigenvalue weighted by molar-refractivity contribution is 7.99. The first-order valence-corrected chi connectivity index (χ1v) is 8.78. The highest BCUT2D eigenvalue weighted by Gasteiger charge is 2.11. The summed E-state index contributed by atoms with van der Waals surface area (Å²) in [6, 6.07) is 15.3. The number of aryl methyl sites for hydroxylation is 1. The summed E-state index contributed by atoms with van der Waals surface area (Å²) in [5.41, 5.74) is 2.13. The van der Waals surface area contributed by atoms with Crippen LogP contribution in [0.2, 0.25) is 5.02 Å². The van der Waals surface area contributed by atoms with Gasteiger partial charge >= 0.3 is 0 Å². The zero-order valence-electron chi connectivity index (χ0n) is 13.1. The second kappa shape index (κ2) is 7.59. The normalized spacial score (nSPS) is 10.8. The highest BCUT2D eigenvalue weighted by atomic mass is 35.5. The molecule has 2 aromatic carbocycles. The molecule has 3 aromatic rings. The molecule has 5 nitrogen and oxygen atoms in total. The van der Waals surface area contributed by atoms with Crippen molar-refractivity contribution >= 4 is 23.4 Å². The summed E-state index contributed by atoms with van der Waals surface area (Å²) in [7, 11) is 0. The first-order valence-electron chi connectivity index (χ1n) is 7.42. The van der Waals surface area contributed by atoms with Gasteiger partial charge in [-0.3, -0.25) is 0 Å². The molecule has 0 aliphatic heterocycles. The number of nitrogen functional groups attached to an aromatic ring is 1. The lowest BCUT2D eigenvalue weighted by Gasteiger charge is -2.06. The Hall–Kier alpha value is -2.18. The van der Waals surface area contributed by atoms with Crippen molar-refractivity contribution in [3.8, 4) is 17.1 Å². The summed E-state index contributed by atoms with van der Waals surface area (Å²) >= 11 is 7.34. The third-order valence-electron chi connectivity index (χ3n) is 3.37. The molecule has 0 unspecified atom stereocenters. The Balaban J connectivity index is 1.56. The number of nitrogens with two attached hydrogens (primary N) is 1. The average Bonchev–Trinajstić information content (AvgIpc) is 2.95. The van der Waals surface area contributed by atoms with E-state index >= 15 is 0 Å². The summed E-state index contributed by atoms with van der Waals surface area (Å²) in [4.78, 5) is 0. The largest absolute Gasteiger partial charge is 0.493 e. The molecule has 0 amide bonds. The molecule has 7 heteroatoms. The van der Waals surface area contributed by atoms with Gasteiger partial charge in [-0.2, -0.15) is 0 Å². The van der Waals surface area contributed by atoms with Crippen molar-refractivity contribution in [1.82, 2.24) is 14.9 Å². The molecule has 0 saturated heterocycles. The number of ether oxygens (including phenoxy) is 1. The SMILES string of the molecule is Cc1ccc(-c2nnc(SCCOc3ccc(Cl)cc3)n2N)cc1. The van der Waals surface area contributed by atoms with E-state index in [0.29, 0.717) is 28.4 Å². The van der Waals surface area contributed by atoms with Gasteiger partial charge in [-0.05, 0) is 31.2 Å². The van der Waals surface area contributed by atoms with E-state index < -0.39 is 0 Å². The molecule has 3 rings (SSSR count). The van der Waals surface area contributed by atoms with Gasteiger partial charge < -0.3 is 10.6 Å². The smallest absolute Gasteiger partial charge is 0.210 e. The molecule has 2 N–H and O–H groups in total. The summed E-state index contributed by atoms with van der Waals surface area (Å²) < 4.78 is 7.16. The fourth-order valence-corrected chi connectivity index (χ4v) is 2.90. The topological polar surface area (TPSA) is 66.0 Å². The molecule has 24 heavy (non-hydrogen) atoms. The standard InChI is InChI=1S/C17H17ClN4OS/c1-12-2-4-13(5-3-12)16-20-21-17(22(16)19)24-11-10-23-15-8-6-14(18)7-9-15/h2-9H,10-11,19H2,1H3. The second-order valence-electron chi connectivity index (χ2n) is 5.19. The Morgan fingerprint density at radius 3 is 2.50 bits per heavy atom. The number of benzene rings is 2. The second-order valence-corrected chi connectivity index (χ2v) is 6.69. The lowest BCUT2D eigenvalue weighted by Crippen LogP contribution is -2.12. The van der Waals surface area contributed by atoms with Gasteiger partial charge in [-0.25, -0.2) is 4.68 Å². The lowest BCUT2D eigenvalue weighted by atomic mass is 10.1. The molecule has 0 radical (unpaired) electrons. The molecule has 0 bridgehead atoms. The van der Waals surface area contributed by atoms with Gasteiger partial charge in [0.15, 0.2) is 5.82 Å². The van der Waals surface area contributed by atoms with Gasteiger partial charge in [-0.1, -0.05) is 53.2 Å². The minimum atomic E-state index is 0.541. The lowest BCUT2D eigenvalue weighted by molar-refractivity contribution is 0.344. The zero-order valence-corrected chi connectivity index (χ0v) is 14.7. The van der Waals surface area contributed by atoms with Crippen LogP contribution in [0.3, 0.4) is 0 Å². The van der Waals surface area contributed by atoms with E-state index in [4.69, 9.17) is 22.2 Å². The number of hydrogen-bond donors (Lipinski definition) is 1. The van der Waals surface area contributed by atoms with E-state index in [2.05, 4.69) is 10.2 Å². The Bertz CT molecular complexity index is 802. The van der Waals surface area contributed by atoms with Crippen LogP contribution in [0.5, 0.6) is 5.75 Å². The predicted molar refractivity (Wildman–Crippen MR) is 98.0 cm³/mol. The highest BCUT2D eigenvalue weighted by Crippen LogP contribution is 2.22. The minimum absolute atomic E-state index is 0.541. The maximum Gasteiger partial charge on any atom is 0.210 e. The summed E-state index contributed by atoms with van der Waals surface area (Å²) in [6.45, 7) is 2.58. The first-order chi connectivity index (χ1) is 11.6. The van der Waals surface area contributed by atoms with Crippen LogP contribution in [-0.2, 0) is 0 Å². The molecule has 0 fully saturated rings. The van der Waals surface area contributed by atoms with Gasteiger partial charge in [0, 0.05) is 16.3 Å². The Morgan fingerprint density at radius 1 is 1.08 bits per heavy atom. The van der Waals surface area contributed by atoms with Crippen molar-refractivity contribution in [3.63, 3.8) is 0 Å². The number of aromatic nitrogens is 3. The van der Waals surface area contributed by atoms with Crippen molar-refractivity contribution in [2.75, 3.05) is 18.2 Å². The van der Waals surface area contributed by atoms with Crippen molar-refractivity contribution in [1.29, 1.82) is 0 Å². The average molecular weight is 361 g/mol. The van der Waals surface area contributed by atoms with Crippen molar-refractivity contribution < 1.29 is 4.74 Å². The van der Waals surface area contributed by atoms with Crippen LogP contribution in [0.4, 0.5) is 0 Å². The van der Waals surface area contributed by atoms with Crippen LogP contribution in [0.15, 0.2) is 53.7 Å². The summed E-state index contributed by atoms with van der Waals surface area (Å²) in [5, 5.41) is 9.67. The molecule has 1 aromatic heterocycles. The molecular weight excluding hydrogens is 344 g/mol. The summed E-state index contributed by atoms with van der Waals surface area (Å²) in [6.07, 6.45) is 0. The van der Waals surface area contributed by atoms with E-state index in [1.807, 2.05) is 43.3 Å². The number of halogens is 1. The van der Waals surface area contributed by atoms with Crippen molar-refractivity contribution in [2.24, 2.45) is 0 Å². The van der Waals surface area contributed by atoms with Crippen LogP contribution in [0.1, 0.15) is 5.56 Å². The molecule has 0 saturated carbocycles. The van der Waals surface area contributed by atoms with E-state index in [0.717, 1.165) is 11.3 Å². The van der Waals surface area contributed by atoms with Gasteiger partial charge in [0.25, 0.3) is 0 Å². The van der Waals surface area contributed by atoms with Gasteiger partial charge in [0.05, 0.1) is 6.61 Å². The van der Waals surface area contributed by atoms with E-state index in [9.17, 15) is 0 Å². The van der Waals surface area contributed by atoms with Crippen molar-refractivity contribution in [2.45, 2.75) is 12.1 Å². The predicted octanol–water partition coefficient (Wildman–Crippen LogP) is 3.79. The van der Waals surface area contributed by atoms with Crippen LogP contribution in [-0.4, -0.2) is 27.2 Å². The van der Waals surface area contributed by atoms with Crippen LogP contribution in [0, 0.1) is 6.92 Å². The van der Waals surface area contributed by atoms with Crippen LogP contribution >= 0.6 is 23.4 Å². The third kappa shape index (κ3) is 4.01. The summed E-state index contributed by atoms with van der Waals surface area (Å²) in [5.74, 6) is 8.25. The molecule has 0 aliphatic rings. The number of thioether (sulfide) groups is 1. The molecular formula is C17H17ClN4OS. The van der Waals surface area contributed by atoms with Gasteiger partial charge in [0.2, 0.25) is 5.16 Å². The maximum atomic E-state index is 6.10. The number of rotatable bonds is 6. The Kier molecular flexibility index (Phi) is 5.27. The monoisotopic (exact) mass is 360 g/mol. The van der Waals surface area contributed by atoms with Gasteiger partial charge in [0.1, 0.15) is 5.75 Å². The molecule has 0 spiro atoms. The molecule has 0 atom stereocenters. The number of nitrogens with zero attached hydrogens (tertiary/aromatic N) is 3. The van der Waals surface area contributed by atoms with E-state index in [1.165, 1.54) is 22.0 Å². The first kappa shape index (κ1) is 16.7. The van der Waals surface area contributed by atoms with Gasteiger partial charge in [-0.15, -0.1) is 10.2 Å². The maximum absolute atomic E-state index is 6.10. The van der Waals surface area contributed by atoms with Crippen LogP contribution in [0.25, 0.3) is 11.4 Å². The van der Waals surface area contributed by atoms with Crippen LogP contribution < -0.4 is 10.6 Å². The van der Waals surface area contributed by atoms with E-state index in [1.54, 1.807) is 12.1 Å². The molecule has 0 aliphatic carbocycles. The van der Waals surface area contributed by atoms with Crippen molar-refractivity contribution in [3.05, 3.63) is 59.1 Å².